The minimum absolute atomic E-state index is 0.226. The van der Waals surface area contributed by atoms with Gasteiger partial charge in [0.05, 0.1) is 6.61 Å². The van der Waals surface area contributed by atoms with Crippen molar-refractivity contribution in [2.75, 3.05) is 6.61 Å². The molecule has 1 saturated carbocycles. The van der Waals surface area contributed by atoms with Gasteiger partial charge in [0.15, 0.2) is 0 Å². The van der Waals surface area contributed by atoms with Crippen molar-refractivity contribution in [3.05, 3.63) is 0 Å². The average molecular weight is 198 g/mol. The molecule has 1 aliphatic carbocycles. The third-order valence-electron chi connectivity index (χ3n) is 2.61. The van der Waals surface area contributed by atoms with Gasteiger partial charge < -0.3 is 4.74 Å². The summed E-state index contributed by atoms with van der Waals surface area (Å²) in [4.78, 5) is 34.2. The second-order valence-electron chi connectivity index (χ2n) is 3.85. The highest BCUT2D eigenvalue weighted by Gasteiger charge is 2.53. The number of ketones is 2. The maximum absolute atomic E-state index is 11.5. The van der Waals surface area contributed by atoms with Gasteiger partial charge in [-0.2, -0.15) is 0 Å². The Kier molecular flexibility index (Phi) is 2.73. The summed E-state index contributed by atoms with van der Waals surface area (Å²) in [7, 11) is 0. The lowest BCUT2D eigenvalue weighted by molar-refractivity contribution is -0.158. The van der Waals surface area contributed by atoms with Gasteiger partial charge in [-0.15, -0.1) is 0 Å². The molecule has 14 heavy (non-hydrogen) atoms. The first kappa shape index (κ1) is 10.9. The van der Waals surface area contributed by atoms with Crippen LogP contribution in [0.3, 0.4) is 0 Å². The van der Waals surface area contributed by atoms with E-state index in [1.54, 1.807) is 13.8 Å². The number of carbonyl (C=O) groups excluding carboxylic acids is 3. The molecule has 2 unspecified atom stereocenters. The van der Waals surface area contributed by atoms with E-state index in [9.17, 15) is 14.4 Å². The van der Waals surface area contributed by atoms with Crippen LogP contribution >= 0.6 is 0 Å². The SMILES string of the molecule is CCOC(=O)C1(C)CC(C)C(=O)C1=O. The quantitative estimate of drug-likeness (QED) is 0.373. The summed E-state index contributed by atoms with van der Waals surface area (Å²) in [5.74, 6) is -2.01. The largest absolute Gasteiger partial charge is 0.465 e. The lowest BCUT2D eigenvalue weighted by atomic mass is 9.87. The number of hydrogen-bond donors (Lipinski definition) is 0. The Balaban J connectivity index is 2.91. The van der Waals surface area contributed by atoms with Gasteiger partial charge >= 0.3 is 5.97 Å². The number of carbonyl (C=O) groups is 3. The molecule has 0 aliphatic heterocycles. The minimum atomic E-state index is -1.24. The molecule has 0 heterocycles. The smallest absolute Gasteiger partial charge is 0.319 e. The molecule has 0 aromatic rings. The zero-order chi connectivity index (χ0) is 10.9. The summed E-state index contributed by atoms with van der Waals surface area (Å²) in [5.41, 5.74) is -1.24. The Morgan fingerprint density at radius 3 is 2.50 bits per heavy atom. The Morgan fingerprint density at radius 2 is 2.14 bits per heavy atom. The summed E-state index contributed by atoms with van der Waals surface area (Å²) in [6, 6.07) is 0. The normalized spacial score (nSPS) is 32.1. The first-order valence-electron chi connectivity index (χ1n) is 4.69. The molecule has 0 bridgehead atoms. The van der Waals surface area contributed by atoms with E-state index in [1.165, 1.54) is 6.92 Å². The third kappa shape index (κ3) is 1.45. The predicted octanol–water partition coefficient (Wildman–Crippen LogP) is 0.734. The molecule has 2 atom stereocenters. The fourth-order valence-electron chi connectivity index (χ4n) is 1.76. The number of Topliss-reactive ketones (excluding diaryl/α,β-unsaturated/α-hetero) is 2. The molecular weight excluding hydrogens is 184 g/mol. The van der Waals surface area contributed by atoms with Crippen LogP contribution in [0.15, 0.2) is 0 Å². The summed E-state index contributed by atoms with van der Waals surface area (Å²) >= 11 is 0. The number of esters is 1. The summed E-state index contributed by atoms with van der Waals surface area (Å²) in [5, 5.41) is 0. The van der Waals surface area contributed by atoms with Crippen molar-refractivity contribution in [1.29, 1.82) is 0 Å². The van der Waals surface area contributed by atoms with Gasteiger partial charge in [-0.1, -0.05) is 6.92 Å². The van der Waals surface area contributed by atoms with E-state index >= 15 is 0 Å². The number of rotatable bonds is 2. The lowest BCUT2D eigenvalue weighted by Gasteiger charge is -2.18. The first-order chi connectivity index (χ1) is 6.43. The highest BCUT2D eigenvalue weighted by Crippen LogP contribution is 2.37. The maximum atomic E-state index is 11.5. The summed E-state index contributed by atoms with van der Waals surface area (Å²) in [6.07, 6.45) is 0.267. The van der Waals surface area contributed by atoms with Crippen molar-refractivity contribution < 1.29 is 19.1 Å². The van der Waals surface area contributed by atoms with Crippen LogP contribution in [0.5, 0.6) is 0 Å². The van der Waals surface area contributed by atoms with Crippen LogP contribution in [-0.2, 0) is 19.1 Å². The van der Waals surface area contributed by atoms with Crippen LogP contribution in [0.2, 0.25) is 0 Å². The van der Waals surface area contributed by atoms with Gasteiger partial charge in [0.25, 0.3) is 0 Å². The Bertz CT molecular complexity index is 294. The fraction of sp³-hybridized carbons (Fsp3) is 0.700. The molecule has 0 radical (unpaired) electrons. The molecule has 0 amide bonds. The molecule has 1 rings (SSSR count). The van der Waals surface area contributed by atoms with E-state index in [1.807, 2.05) is 0 Å². The zero-order valence-electron chi connectivity index (χ0n) is 8.62. The van der Waals surface area contributed by atoms with E-state index < -0.39 is 23.0 Å². The first-order valence-corrected chi connectivity index (χ1v) is 4.69. The number of hydrogen-bond acceptors (Lipinski definition) is 4. The van der Waals surface area contributed by atoms with Crippen molar-refractivity contribution >= 4 is 17.5 Å². The monoisotopic (exact) mass is 198 g/mol. The van der Waals surface area contributed by atoms with Crippen LogP contribution in [0, 0.1) is 11.3 Å². The molecule has 0 N–H and O–H groups in total. The van der Waals surface area contributed by atoms with Crippen LogP contribution in [0.25, 0.3) is 0 Å². The molecule has 4 nitrogen and oxygen atoms in total. The fourth-order valence-corrected chi connectivity index (χ4v) is 1.76. The van der Waals surface area contributed by atoms with Crippen LogP contribution in [0.4, 0.5) is 0 Å². The molecule has 1 fully saturated rings. The van der Waals surface area contributed by atoms with Crippen LogP contribution in [-0.4, -0.2) is 24.1 Å². The minimum Gasteiger partial charge on any atom is -0.465 e. The second-order valence-corrected chi connectivity index (χ2v) is 3.85. The topological polar surface area (TPSA) is 60.4 Å². The van der Waals surface area contributed by atoms with Crippen molar-refractivity contribution in [2.24, 2.45) is 11.3 Å². The Labute approximate surface area is 82.6 Å². The molecule has 4 heteroatoms. The zero-order valence-corrected chi connectivity index (χ0v) is 8.62. The average Bonchev–Trinajstić information content (AvgIpc) is 2.32. The lowest BCUT2D eigenvalue weighted by Crippen LogP contribution is -2.35. The van der Waals surface area contributed by atoms with E-state index in [2.05, 4.69) is 0 Å². The standard InChI is InChI=1S/C10H14O4/c1-4-14-9(13)10(3)5-6(2)7(11)8(10)12/h6H,4-5H2,1-3H3. The van der Waals surface area contributed by atoms with Gasteiger partial charge in [-0.25, -0.2) is 0 Å². The van der Waals surface area contributed by atoms with Gasteiger partial charge in [0, 0.05) is 5.92 Å². The van der Waals surface area contributed by atoms with Crippen molar-refractivity contribution in [3.63, 3.8) is 0 Å². The van der Waals surface area contributed by atoms with Crippen LogP contribution in [0.1, 0.15) is 27.2 Å². The molecule has 0 aromatic carbocycles. The Morgan fingerprint density at radius 1 is 1.57 bits per heavy atom. The van der Waals surface area contributed by atoms with E-state index in [-0.39, 0.29) is 18.9 Å². The Hall–Kier alpha value is -1.19. The predicted molar refractivity (Wildman–Crippen MR) is 48.5 cm³/mol. The summed E-state index contributed by atoms with van der Waals surface area (Å²) < 4.78 is 4.78. The number of ether oxygens (including phenoxy) is 1. The van der Waals surface area contributed by atoms with E-state index in [0.717, 1.165) is 0 Å². The summed E-state index contributed by atoms with van der Waals surface area (Å²) in [6.45, 7) is 5.04. The molecule has 0 aromatic heterocycles. The van der Waals surface area contributed by atoms with Gasteiger partial charge in [0.1, 0.15) is 5.41 Å². The molecular formula is C10H14O4. The van der Waals surface area contributed by atoms with E-state index in [4.69, 9.17) is 4.74 Å². The molecule has 1 aliphatic rings. The molecule has 78 valence electrons. The van der Waals surface area contributed by atoms with Crippen molar-refractivity contribution in [3.8, 4) is 0 Å². The second kappa shape index (κ2) is 3.52. The highest BCUT2D eigenvalue weighted by molar-refractivity contribution is 6.45. The van der Waals surface area contributed by atoms with Gasteiger partial charge in [-0.3, -0.25) is 14.4 Å². The van der Waals surface area contributed by atoms with E-state index in [0.29, 0.717) is 0 Å². The molecule has 0 spiro atoms. The van der Waals surface area contributed by atoms with Gasteiger partial charge in [-0.05, 0) is 20.3 Å². The van der Waals surface area contributed by atoms with Gasteiger partial charge in [0.2, 0.25) is 11.6 Å². The maximum Gasteiger partial charge on any atom is 0.319 e. The third-order valence-corrected chi connectivity index (χ3v) is 2.61. The van der Waals surface area contributed by atoms with Crippen molar-refractivity contribution in [1.82, 2.24) is 0 Å². The van der Waals surface area contributed by atoms with Crippen LogP contribution < -0.4 is 0 Å². The highest BCUT2D eigenvalue weighted by atomic mass is 16.5. The van der Waals surface area contributed by atoms with Crippen molar-refractivity contribution in [2.45, 2.75) is 27.2 Å². The molecule has 0 saturated heterocycles.